The maximum Gasteiger partial charge on any atom is 0.481 e. The number of ether oxygens (including phenoxy) is 2. The fraction of sp³-hybridized carbons (Fsp3) is 0.400. The average molecular weight is 870 g/mol. The minimum atomic E-state index is -5.16. The van der Waals surface area contributed by atoms with Crippen LogP contribution in [0, 0.1) is 0 Å². The molecule has 0 amide bonds. The summed E-state index contributed by atoms with van der Waals surface area (Å²) in [6.45, 7) is 8.16. The van der Waals surface area contributed by atoms with Crippen molar-refractivity contribution in [2.24, 2.45) is 0 Å². The number of phosphoric acid groups is 1. The first kappa shape index (κ1) is 44.3. The number of fused-ring (bicyclic) bond motifs is 1. The Hall–Kier alpha value is -4.21. The lowest BCUT2D eigenvalue weighted by molar-refractivity contribution is -0.147. The molecule has 3 aromatic carbocycles. The van der Waals surface area contributed by atoms with E-state index in [1.807, 2.05) is 35.8 Å². The number of rotatable bonds is 20. The first-order valence-electron chi connectivity index (χ1n) is 19.5. The molecule has 3 unspecified atom stereocenters. The summed E-state index contributed by atoms with van der Waals surface area (Å²) in [5, 5.41) is 2.59. The molecule has 5 aromatic rings. The summed E-state index contributed by atoms with van der Waals surface area (Å²) in [6, 6.07) is 24.3. The highest BCUT2D eigenvalue weighted by molar-refractivity contribution is 7.63. The molecule has 6 atom stereocenters. The predicted octanol–water partition coefficient (Wildman–Crippen LogP) is 7.32. The zero-order valence-corrected chi connectivity index (χ0v) is 35.7. The molecule has 6 rings (SSSR count). The van der Waals surface area contributed by atoms with Crippen molar-refractivity contribution in [1.82, 2.24) is 29.5 Å². The number of hydrogen-bond acceptors (Lipinski definition) is 13. The Balaban J connectivity index is 1.16. The van der Waals surface area contributed by atoms with Gasteiger partial charge in [-0.15, -0.1) is 0 Å². The van der Waals surface area contributed by atoms with Gasteiger partial charge in [0.15, 0.2) is 17.0 Å². The lowest BCUT2D eigenvalue weighted by atomic mass is 9.99. The van der Waals surface area contributed by atoms with Gasteiger partial charge in [-0.3, -0.25) is 9.32 Å². The van der Waals surface area contributed by atoms with E-state index >= 15 is 0 Å². The van der Waals surface area contributed by atoms with Crippen LogP contribution in [0.1, 0.15) is 56.6 Å². The fourth-order valence-electron chi connectivity index (χ4n) is 6.93. The first-order chi connectivity index (χ1) is 28.3. The molecule has 19 heteroatoms. The zero-order valence-electron chi connectivity index (χ0n) is 33.1. The number of hydrogen-bond donors (Lipinski definition) is 3. The molecule has 0 radical (unpaired) electrons. The summed E-state index contributed by atoms with van der Waals surface area (Å²) >= 11 is 6.25. The van der Waals surface area contributed by atoms with Crippen LogP contribution in [0.2, 0.25) is 5.28 Å². The number of phosphoric ester groups is 1. The van der Waals surface area contributed by atoms with Crippen LogP contribution in [0.5, 0.6) is 5.75 Å². The lowest BCUT2D eigenvalue weighted by Gasteiger charge is -2.36. The molecule has 0 saturated carbocycles. The van der Waals surface area contributed by atoms with Gasteiger partial charge in [0.1, 0.15) is 24.2 Å². The number of carbonyl (C=O) groups is 1. The number of anilines is 1. The molecule has 0 aliphatic carbocycles. The van der Waals surface area contributed by atoms with E-state index in [2.05, 4.69) is 33.8 Å². The van der Waals surface area contributed by atoms with Crippen LogP contribution in [0.15, 0.2) is 91.0 Å². The molecule has 1 aliphatic heterocycles. The number of likely N-dealkylation sites (N-methyl/N-ethyl adjacent to an activating group) is 1. The molecular formula is C40H50ClN7O9P2. The van der Waals surface area contributed by atoms with E-state index in [0.29, 0.717) is 36.0 Å². The highest BCUT2D eigenvalue weighted by Crippen LogP contribution is 2.60. The second-order valence-corrected chi connectivity index (χ2v) is 17.7. The van der Waals surface area contributed by atoms with E-state index in [4.69, 9.17) is 45.2 Å². The van der Waals surface area contributed by atoms with Gasteiger partial charge < -0.3 is 34.1 Å². The SMILES string of the molecule is CCN(CC)CCc1nc2c(N)nc(Cl)nc2n1[C@H]1CC[C@@H](COP(=O)(O)OP(=O)(N[C@@H](Cc2ccccc2)C(=O)OCc2ccccc2)Oc2ccccc2)OC1C. The van der Waals surface area contributed by atoms with E-state index in [1.54, 1.807) is 54.6 Å². The Kier molecular flexibility index (Phi) is 15.3. The van der Waals surface area contributed by atoms with Crippen LogP contribution >= 0.6 is 27.2 Å². The molecular weight excluding hydrogens is 820 g/mol. The Morgan fingerprint density at radius 1 is 0.983 bits per heavy atom. The Bertz CT molecular complexity index is 2240. The monoisotopic (exact) mass is 869 g/mol. The maximum absolute atomic E-state index is 14.5. The van der Waals surface area contributed by atoms with Gasteiger partial charge in [0, 0.05) is 13.0 Å². The standard InChI is InChI=1S/C40H50ClN7O9P2/c1-4-47(5-2)24-23-35-43-36-37(42)44-40(41)45-38(36)48(35)34-22-21-32(55-28(34)3)27-54-59(51,52)57-58(50,56-31-19-13-8-14-20-31)46-33(25-29-15-9-6-10-16-29)39(49)53-26-30-17-11-7-12-18-30/h6-20,28,32-34H,4-5,21-27H2,1-3H3,(H,46,50)(H,51,52)(H2,42,44,45)/t28?,32-,33-,34-,58?/m0/s1. The van der Waals surface area contributed by atoms with Crippen molar-refractivity contribution < 1.29 is 41.6 Å². The normalized spacial score (nSPS) is 19.5. The quantitative estimate of drug-likeness (QED) is 0.0399. The third kappa shape index (κ3) is 12.2. The molecule has 59 heavy (non-hydrogen) atoms. The zero-order chi connectivity index (χ0) is 42.0. The number of imidazole rings is 1. The van der Waals surface area contributed by atoms with Crippen molar-refractivity contribution in [1.29, 1.82) is 0 Å². The Morgan fingerprint density at radius 2 is 1.63 bits per heavy atom. The maximum atomic E-state index is 14.5. The molecule has 1 aliphatic rings. The van der Waals surface area contributed by atoms with Crippen molar-refractivity contribution in [3.05, 3.63) is 113 Å². The molecule has 4 N–H and O–H groups in total. The molecule has 2 aromatic heterocycles. The number of nitrogens with one attached hydrogen (secondary N) is 1. The van der Waals surface area contributed by atoms with Gasteiger partial charge in [-0.1, -0.05) is 92.7 Å². The third-order valence-corrected chi connectivity index (χ3v) is 13.3. The van der Waals surface area contributed by atoms with Crippen molar-refractivity contribution in [3.8, 4) is 5.75 Å². The number of carbonyl (C=O) groups excluding carboxylic acids is 1. The van der Waals surface area contributed by atoms with Gasteiger partial charge in [-0.2, -0.15) is 19.4 Å². The highest BCUT2D eigenvalue weighted by Gasteiger charge is 2.43. The number of nitrogens with two attached hydrogens (primary N) is 1. The number of nitrogen functional groups attached to an aromatic ring is 1. The van der Waals surface area contributed by atoms with Gasteiger partial charge in [0.2, 0.25) is 5.28 Å². The summed E-state index contributed by atoms with van der Waals surface area (Å²) in [4.78, 5) is 40.3. The van der Waals surface area contributed by atoms with Crippen molar-refractivity contribution >= 4 is 50.1 Å². The Labute approximate surface area is 348 Å². The van der Waals surface area contributed by atoms with Crippen LogP contribution in [0.25, 0.3) is 11.2 Å². The molecule has 1 fully saturated rings. The van der Waals surface area contributed by atoms with E-state index in [-0.39, 0.29) is 42.5 Å². The van der Waals surface area contributed by atoms with Gasteiger partial charge in [0.05, 0.1) is 24.9 Å². The molecule has 1 saturated heterocycles. The molecule has 16 nitrogen and oxygen atoms in total. The van der Waals surface area contributed by atoms with Gasteiger partial charge in [0.25, 0.3) is 0 Å². The van der Waals surface area contributed by atoms with Crippen LogP contribution < -0.4 is 15.3 Å². The first-order valence-corrected chi connectivity index (χ1v) is 22.9. The summed E-state index contributed by atoms with van der Waals surface area (Å²) in [5.41, 5.74) is 8.59. The number of benzene rings is 3. The summed E-state index contributed by atoms with van der Waals surface area (Å²) < 4.78 is 58.6. The van der Waals surface area contributed by atoms with Crippen LogP contribution in [-0.4, -0.2) is 79.8 Å². The lowest BCUT2D eigenvalue weighted by Crippen LogP contribution is -2.39. The topological polar surface area (TPSA) is 202 Å². The highest BCUT2D eigenvalue weighted by atomic mass is 35.5. The van der Waals surface area contributed by atoms with E-state index in [1.165, 1.54) is 12.1 Å². The summed E-state index contributed by atoms with van der Waals surface area (Å²) in [7, 11) is -10.0. The Morgan fingerprint density at radius 3 is 2.27 bits per heavy atom. The molecule has 316 valence electrons. The molecule has 3 heterocycles. The van der Waals surface area contributed by atoms with Crippen LogP contribution in [0.4, 0.5) is 5.82 Å². The summed E-state index contributed by atoms with van der Waals surface area (Å²) in [5.74, 6) is 0.196. The molecule has 0 bridgehead atoms. The smallest absolute Gasteiger partial charge is 0.460 e. The average Bonchev–Trinajstić information content (AvgIpc) is 3.58. The van der Waals surface area contributed by atoms with E-state index < -0.39 is 39.8 Å². The van der Waals surface area contributed by atoms with E-state index in [9.17, 15) is 18.8 Å². The second kappa shape index (κ2) is 20.4. The fourth-order valence-corrected chi connectivity index (χ4v) is 10.1. The van der Waals surface area contributed by atoms with Gasteiger partial charge in [-0.05, 0) is 74.1 Å². The van der Waals surface area contributed by atoms with Gasteiger partial charge in [-0.25, -0.2) is 14.1 Å². The van der Waals surface area contributed by atoms with Crippen LogP contribution in [-0.2, 0) is 51.7 Å². The minimum absolute atomic E-state index is 0.000663. The molecule has 0 spiro atoms. The largest absolute Gasteiger partial charge is 0.481 e. The number of nitrogens with zero attached hydrogens (tertiary/aromatic N) is 5. The van der Waals surface area contributed by atoms with Crippen LogP contribution in [0.3, 0.4) is 0 Å². The number of halogens is 1. The number of para-hydroxylation sites is 1. The van der Waals surface area contributed by atoms with Gasteiger partial charge >= 0.3 is 21.5 Å². The minimum Gasteiger partial charge on any atom is -0.460 e. The van der Waals surface area contributed by atoms with E-state index in [0.717, 1.165) is 31.0 Å². The third-order valence-electron chi connectivity index (χ3n) is 9.93. The summed E-state index contributed by atoms with van der Waals surface area (Å²) in [6.07, 6.45) is 0.474. The predicted molar refractivity (Wildman–Crippen MR) is 224 cm³/mol. The van der Waals surface area contributed by atoms with Crippen molar-refractivity contribution in [3.63, 3.8) is 0 Å². The number of aromatic nitrogens is 4. The van der Waals surface area contributed by atoms with Crippen molar-refractivity contribution in [2.45, 2.75) is 77.4 Å². The number of esters is 1. The second-order valence-electron chi connectivity index (χ2n) is 14.0. The van der Waals surface area contributed by atoms with Crippen molar-refractivity contribution in [2.75, 3.05) is 32.0 Å².